The van der Waals surface area contributed by atoms with Gasteiger partial charge >= 0.3 is 0 Å². The number of hydrogen-bond donors (Lipinski definition) is 1. The first kappa shape index (κ1) is 15.8. The number of rotatable bonds is 5. The van der Waals surface area contributed by atoms with E-state index in [1.807, 2.05) is 20.8 Å². The first-order valence-corrected chi connectivity index (χ1v) is 7.23. The van der Waals surface area contributed by atoms with E-state index in [0.29, 0.717) is 34.2 Å². The van der Waals surface area contributed by atoms with E-state index in [2.05, 4.69) is 20.3 Å². The molecule has 0 saturated carbocycles. The SMILES string of the molecule is Cc1nc(C)c(Cl)c(N[C@@H](C)COc2ncccc2Cl)n1. The van der Waals surface area contributed by atoms with Crippen LogP contribution in [0.1, 0.15) is 18.4 Å². The fraction of sp³-hybridized carbons (Fsp3) is 0.357. The summed E-state index contributed by atoms with van der Waals surface area (Å²) in [5.41, 5.74) is 0.743. The summed E-state index contributed by atoms with van der Waals surface area (Å²) >= 11 is 12.2. The van der Waals surface area contributed by atoms with Crippen LogP contribution in [0.5, 0.6) is 5.88 Å². The molecule has 0 aliphatic rings. The number of aromatic nitrogens is 3. The van der Waals surface area contributed by atoms with Crippen molar-refractivity contribution in [2.75, 3.05) is 11.9 Å². The molecule has 5 nitrogen and oxygen atoms in total. The van der Waals surface area contributed by atoms with Crippen molar-refractivity contribution in [2.24, 2.45) is 0 Å². The zero-order chi connectivity index (χ0) is 15.4. The van der Waals surface area contributed by atoms with E-state index in [0.717, 1.165) is 5.69 Å². The number of ether oxygens (including phenoxy) is 1. The van der Waals surface area contributed by atoms with Gasteiger partial charge in [-0.3, -0.25) is 0 Å². The third-order valence-corrected chi connectivity index (χ3v) is 3.45. The third kappa shape index (κ3) is 4.19. The molecular weight excluding hydrogens is 311 g/mol. The van der Waals surface area contributed by atoms with Crippen molar-refractivity contribution >= 4 is 29.0 Å². The second-order valence-electron chi connectivity index (χ2n) is 4.67. The maximum atomic E-state index is 6.19. The van der Waals surface area contributed by atoms with Gasteiger partial charge in [-0.1, -0.05) is 23.2 Å². The number of nitrogens with zero attached hydrogens (tertiary/aromatic N) is 3. The molecule has 0 spiro atoms. The third-order valence-electron chi connectivity index (χ3n) is 2.71. The molecular formula is C14H16Cl2N4O. The molecule has 0 bridgehead atoms. The van der Waals surface area contributed by atoms with Crippen LogP contribution in [0.4, 0.5) is 5.82 Å². The maximum Gasteiger partial charge on any atom is 0.232 e. The van der Waals surface area contributed by atoms with Crippen LogP contribution in [0.15, 0.2) is 18.3 Å². The molecule has 21 heavy (non-hydrogen) atoms. The Kier molecular flexibility index (Phi) is 5.20. The van der Waals surface area contributed by atoms with Gasteiger partial charge in [0.15, 0.2) is 0 Å². The Balaban J connectivity index is 1.99. The number of aryl methyl sites for hydroxylation is 2. The van der Waals surface area contributed by atoms with Crippen molar-refractivity contribution in [1.29, 1.82) is 0 Å². The average molecular weight is 327 g/mol. The van der Waals surface area contributed by atoms with Gasteiger partial charge in [-0.25, -0.2) is 15.0 Å². The van der Waals surface area contributed by atoms with Crippen LogP contribution in [0.3, 0.4) is 0 Å². The van der Waals surface area contributed by atoms with E-state index in [9.17, 15) is 0 Å². The Hall–Kier alpha value is -1.59. The molecule has 0 aliphatic heterocycles. The quantitative estimate of drug-likeness (QED) is 0.908. The molecule has 112 valence electrons. The van der Waals surface area contributed by atoms with E-state index >= 15 is 0 Å². The molecule has 0 amide bonds. The molecule has 0 aliphatic carbocycles. The van der Waals surface area contributed by atoms with Crippen LogP contribution in [0, 0.1) is 13.8 Å². The van der Waals surface area contributed by atoms with Gasteiger partial charge in [-0.15, -0.1) is 0 Å². The normalized spacial score (nSPS) is 12.0. The average Bonchev–Trinajstić information content (AvgIpc) is 2.43. The number of anilines is 1. The van der Waals surface area contributed by atoms with Crippen molar-refractivity contribution in [2.45, 2.75) is 26.8 Å². The van der Waals surface area contributed by atoms with Crippen LogP contribution in [0.2, 0.25) is 10.0 Å². The van der Waals surface area contributed by atoms with E-state index < -0.39 is 0 Å². The molecule has 7 heteroatoms. The van der Waals surface area contributed by atoms with Crippen molar-refractivity contribution in [1.82, 2.24) is 15.0 Å². The minimum atomic E-state index is -0.0192. The van der Waals surface area contributed by atoms with Gasteiger partial charge < -0.3 is 10.1 Å². The van der Waals surface area contributed by atoms with E-state index in [1.54, 1.807) is 18.3 Å². The van der Waals surface area contributed by atoms with Gasteiger partial charge in [0.25, 0.3) is 0 Å². The van der Waals surface area contributed by atoms with Crippen LogP contribution < -0.4 is 10.1 Å². The zero-order valence-corrected chi connectivity index (χ0v) is 13.5. The van der Waals surface area contributed by atoms with E-state index in [-0.39, 0.29) is 6.04 Å². The predicted molar refractivity (Wildman–Crippen MR) is 84.3 cm³/mol. The van der Waals surface area contributed by atoms with Crippen molar-refractivity contribution in [3.63, 3.8) is 0 Å². The molecule has 2 aromatic heterocycles. The number of pyridine rings is 1. The van der Waals surface area contributed by atoms with E-state index in [4.69, 9.17) is 27.9 Å². The minimum absolute atomic E-state index is 0.0192. The highest BCUT2D eigenvalue weighted by molar-refractivity contribution is 6.33. The van der Waals surface area contributed by atoms with Crippen molar-refractivity contribution < 1.29 is 4.74 Å². The number of halogens is 2. The van der Waals surface area contributed by atoms with Crippen LogP contribution in [0.25, 0.3) is 0 Å². The molecule has 0 fully saturated rings. The van der Waals surface area contributed by atoms with Crippen molar-refractivity contribution in [3.8, 4) is 5.88 Å². The molecule has 2 aromatic rings. The first-order chi connectivity index (χ1) is 9.97. The summed E-state index contributed by atoms with van der Waals surface area (Å²) in [6.45, 7) is 6.01. The van der Waals surface area contributed by atoms with Crippen molar-refractivity contribution in [3.05, 3.63) is 39.9 Å². The van der Waals surface area contributed by atoms with Gasteiger partial charge in [-0.05, 0) is 32.9 Å². The summed E-state index contributed by atoms with van der Waals surface area (Å²) in [5.74, 6) is 1.68. The highest BCUT2D eigenvalue weighted by atomic mass is 35.5. The van der Waals surface area contributed by atoms with Gasteiger partial charge in [0.05, 0.1) is 11.7 Å². The lowest BCUT2D eigenvalue weighted by atomic mass is 10.3. The van der Waals surface area contributed by atoms with Gasteiger partial charge in [0.2, 0.25) is 5.88 Å². The smallest absolute Gasteiger partial charge is 0.232 e. The molecule has 0 radical (unpaired) electrons. The lowest BCUT2D eigenvalue weighted by molar-refractivity contribution is 0.292. The second kappa shape index (κ2) is 6.91. The minimum Gasteiger partial charge on any atom is -0.474 e. The largest absolute Gasteiger partial charge is 0.474 e. The lowest BCUT2D eigenvalue weighted by Crippen LogP contribution is -2.25. The first-order valence-electron chi connectivity index (χ1n) is 6.48. The van der Waals surface area contributed by atoms with Crippen LogP contribution in [-0.2, 0) is 0 Å². The second-order valence-corrected chi connectivity index (χ2v) is 5.45. The zero-order valence-electron chi connectivity index (χ0n) is 12.0. The molecule has 2 heterocycles. The Labute approximate surface area is 133 Å². The predicted octanol–water partition coefficient (Wildman–Crippen LogP) is 3.67. The number of hydrogen-bond acceptors (Lipinski definition) is 5. The Morgan fingerprint density at radius 3 is 2.76 bits per heavy atom. The summed E-state index contributed by atoms with van der Waals surface area (Å²) in [5, 5.41) is 4.20. The molecule has 0 aromatic carbocycles. The topological polar surface area (TPSA) is 59.9 Å². The molecule has 0 saturated heterocycles. The fourth-order valence-corrected chi connectivity index (χ4v) is 2.07. The Bertz CT molecular complexity index is 636. The standard InChI is InChI=1S/C14H16Cl2N4O/c1-8(7-21-14-11(15)5-4-6-17-14)18-13-12(16)9(2)19-10(3)20-13/h4-6,8H,7H2,1-3H3,(H,18,19,20)/t8-/m0/s1. The molecule has 0 unspecified atom stereocenters. The van der Waals surface area contributed by atoms with Gasteiger partial charge in [-0.2, -0.15) is 0 Å². The van der Waals surface area contributed by atoms with Crippen LogP contribution in [-0.4, -0.2) is 27.6 Å². The number of nitrogens with one attached hydrogen (secondary N) is 1. The fourth-order valence-electron chi connectivity index (χ4n) is 1.75. The van der Waals surface area contributed by atoms with Crippen LogP contribution >= 0.6 is 23.2 Å². The summed E-state index contributed by atoms with van der Waals surface area (Å²) in [7, 11) is 0. The summed E-state index contributed by atoms with van der Waals surface area (Å²) in [4.78, 5) is 12.6. The molecule has 1 N–H and O–H groups in total. The molecule has 2 rings (SSSR count). The Morgan fingerprint density at radius 1 is 1.29 bits per heavy atom. The lowest BCUT2D eigenvalue weighted by Gasteiger charge is -2.17. The summed E-state index contributed by atoms with van der Waals surface area (Å²) < 4.78 is 5.58. The summed E-state index contributed by atoms with van der Waals surface area (Å²) in [6.07, 6.45) is 1.63. The summed E-state index contributed by atoms with van der Waals surface area (Å²) in [6, 6.07) is 3.47. The maximum absolute atomic E-state index is 6.19. The highest BCUT2D eigenvalue weighted by Crippen LogP contribution is 2.23. The highest BCUT2D eigenvalue weighted by Gasteiger charge is 2.12. The van der Waals surface area contributed by atoms with Gasteiger partial charge in [0.1, 0.15) is 28.3 Å². The van der Waals surface area contributed by atoms with Gasteiger partial charge in [0, 0.05) is 6.20 Å². The van der Waals surface area contributed by atoms with E-state index in [1.165, 1.54) is 0 Å². The molecule has 1 atom stereocenters. The monoisotopic (exact) mass is 326 g/mol. The Morgan fingerprint density at radius 2 is 2.05 bits per heavy atom.